The monoisotopic (exact) mass is 470 g/mol. The van der Waals surface area contributed by atoms with Crippen molar-refractivity contribution in [3.63, 3.8) is 0 Å². The summed E-state index contributed by atoms with van der Waals surface area (Å²) in [5.41, 5.74) is 1.54. The molecule has 8 nitrogen and oxygen atoms in total. The third kappa shape index (κ3) is 6.11. The van der Waals surface area contributed by atoms with E-state index >= 15 is 0 Å². The second-order valence-electron chi connectivity index (χ2n) is 7.96. The summed E-state index contributed by atoms with van der Waals surface area (Å²) in [5, 5.41) is 7.12. The number of aromatic nitrogens is 1. The molecule has 0 aliphatic carbocycles. The standard InChI is InChI=1S/C20H24N2O4.C2HF3O2/c1-15-18(6-9-25-15)19(23)22-13-20(14-22)17(5-10-26-20)4-8-24-12-16-3-2-7-21-11-16;3-2(4,5)1(6)7/h2-3,6-7,9,11,17H,4-5,8,10,12-14H2,1H3;(H,6,7). The lowest BCUT2D eigenvalue weighted by molar-refractivity contribution is -0.192. The summed E-state index contributed by atoms with van der Waals surface area (Å²) in [6.07, 6.45) is 2.05. The minimum absolute atomic E-state index is 0.0314. The van der Waals surface area contributed by atoms with E-state index in [1.54, 1.807) is 18.5 Å². The number of ether oxygens (including phenoxy) is 2. The number of likely N-dealkylation sites (tertiary alicyclic amines) is 1. The Morgan fingerprint density at radius 2 is 2.06 bits per heavy atom. The number of halogens is 3. The fourth-order valence-corrected chi connectivity index (χ4v) is 3.96. The average molecular weight is 470 g/mol. The van der Waals surface area contributed by atoms with Gasteiger partial charge in [0.15, 0.2) is 0 Å². The second-order valence-corrected chi connectivity index (χ2v) is 7.96. The van der Waals surface area contributed by atoms with Gasteiger partial charge in [0.1, 0.15) is 11.4 Å². The second kappa shape index (κ2) is 10.3. The van der Waals surface area contributed by atoms with Gasteiger partial charge >= 0.3 is 12.1 Å². The molecule has 2 aromatic rings. The van der Waals surface area contributed by atoms with Gasteiger partial charge in [-0.05, 0) is 43.4 Å². The van der Waals surface area contributed by atoms with Crippen molar-refractivity contribution in [2.24, 2.45) is 5.92 Å². The zero-order chi connectivity index (χ0) is 24.1. The molecule has 1 amide bonds. The zero-order valence-corrected chi connectivity index (χ0v) is 18.0. The summed E-state index contributed by atoms with van der Waals surface area (Å²) in [6, 6.07) is 5.67. The Labute approximate surface area is 188 Å². The molecule has 2 aliphatic rings. The molecule has 1 N–H and O–H groups in total. The maximum Gasteiger partial charge on any atom is 0.490 e. The molecule has 0 bridgehead atoms. The highest BCUT2D eigenvalue weighted by Gasteiger charge is 2.54. The molecular formula is C22H25F3N2O6. The first kappa shape index (κ1) is 24.7. The highest BCUT2D eigenvalue weighted by Crippen LogP contribution is 2.42. The number of furan rings is 1. The Bertz CT molecular complexity index is 941. The number of aliphatic carboxylic acids is 1. The van der Waals surface area contributed by atoms with Gasteiger partial charge in [0.2, 0.25) is 0 Å². The van der Waals surface area contributed by atoms with E-state index in [9.17, 15) is 18.0 Å². The van der Waals surface area contributed by atoms with Crippen LogP contribution < -0.4 is 0 Å². The van der Waals surface area contributed by atoms with Crippen LogP contribution in [0.2, 0.25) is 0 Å². The van der Waals surface area contributed by atoms with Crippen LogP contribution in [0.15, 0.2) is 41.3 Å². The van der Waals surface area contributed by atoms with Crippen molar-refractivity contribution in [3.05, 3.63) is 53.7 Å². The fraction of sp³-hybridized carbons (Fsp3) is 0.500. The number of nitrogens with zero attached hydrogens (tertiary/aromatic N) is 2. The topological polar surface area (TPSA) is 102 Å². The summed E-state index contributed by atoms with van der Waals surface area (Å²) in [6.45, 7) is 5.17. The van der Waals surface area contributed by atoms with E-state index in [0.29, 0.717) is 43.5 Å². The van der Waals surface area contributed by atoms with Gasteiger partial charge in [-0.1, -0.05) is 6.07 Å². The number of aryl methyl sites for hydroxylation is 1. The zero-order valence-electron chi connectivity index (χ0n) is 18.0. The number of amides is 1. The van der Waals surface area contributed by atoms with Crippen LogP contribution in [0.1, 0.15) is 34.5 Å². The van der Waals surface area contributed by atoms with Crippen LogP contribution in [0.4, 0.5) is 13.2 Å². The van der Waals surface area contributed by atoms with E-state index in [4.69, 9.17) is 23.8 Å². The van der Waals surface area contributed by atoms with Gasteiger partial charge in [0.25, 0.3) is 5.91 Å². The molecule has 0 radical (unpaired) electrons. The molecule has 11 heteroatoms. The van der Waals surface area contributed by atoms with Crippen molar-refractivity contribution in [1.29, 1.82) is 0 Å². The molecule has 2 saturated heterocycles. The normalized spacial score (nSPS) is 19.0. The number of carboxylic acids is 1. The van der Waals surface area contributed by atoms with Crippen molar-refractivity contribution in [2.45, 2.75) is 38.1 Å². The van der Waals surface area contributed by atoms with Crippen LogP contribution in [0.3, 0.4) is 0 Å². The van der Waals surface area contributed by atoms with Crippen LogP contribution in [0.25, 0.3) is 0 Å². The summed E-state index contributed by atoms with van der Waals surface area (Å²) >= 11 is 0. The minimum atomic E-state index is -5.08. The molecule has 180 valence electrons. The molecular weight excluding hydrogens is 445 g/mol. The molecule has 2 aliphatic heterocycles. The first-order chi connectivity index (χ1) is 15.6. The van der Waals surface area contributed by atoms with Crippen molar-refractivity contribution in [3.8, 4) is 0 Å². The van der Waals surface area contributed by atoms with E-state index in [2.05, 4.69) is 4.98 Å². The van der Waals surface area contributed by atoms with Gasteiger partial charge in [-0.3, -0.25) is 9.78 Å². The van der Waals surface area contributed by atoms with E-state index in [0.717, 1.165) is 25.0 Å². The van der Waals surface area contributed by atoms with E-state index in [-0.39, 0.29) is 11.5 Å². The first-order valence-corrected chi connectivity index (χ1v) is 10.4. The number of hydrogen-bond donors (Lipinski definition) is 1. The highest BCUT2D eigenvalue weighted by atomic mass is 19.4. The van der Waals surface area contributed by atoms with Gasteiger partial charge in [0.05, 0.1) is 31.5 Å². The van der Waals surface area contributed by atoms with E-state index < -0.39 is 12.1 Å². The molecule has 1 unspecified atom stereocenters. The third-order valence-corrected chi connectivity index (χ3v) is 5.74. The average Bonchev–Trinajstić information content (AvgIpc) is 3.36. The van der Waals surface area contributed by atoms with Crippen molar-refractivity contribution in [1.82, 2.24) is 9.88 Å². The smallest absolute Gasteiger partial charge is 0.475 e. The Morgan fingerprint density at radius 1 is 1.33 bits per heavy atom. The number of rotatable bonds is 6. The molecule has 0 saturated carbocycles. The first-order valence-electron chi connectivity index (χ1n) is 10.4. The summed E-state index contributed by atoms with van der Waals surface area (Å²) in [5.74, 6) is -1.62. The Hall–Kier alpha value is -2.92. The van der Waals surface area contributed by atoms with Crippen molar-refractivity contribution >= 4 is 11.9 Å². The van der Waals surface area contributed by atoms with Gasteiger partial charge in [0, 0.05) is 25.6 Å². The van der Waals surface area contributed by atoms with Gasteiger partial charge < -0.3 is 23.9 Å². The maximum absolute atomic E-state index is 12.6. The van der Waals surface area contributed by atoms with Crippen LogP contribution in [-0.2, 0) is 20.9 Å². The summed E-state index contributed by atoms with van der Waals surface area (Å²) in [7, 11) is 0. The molecule has 1 spiro atoms. The Balaban J connectivity index is 0.000000383. The number of carboxylic acid groups (broad SMARTS) is 1. The summed E-state index contributed by atoms with van der Waals surface area (Å²) in [4.78, 5) is 27.4. The largest absolute Gasteiger partial charge is 0.490 e. The number of pyridine rings is 1. The van der Waals surface area contributed by atoms with E-state index in [1.807, 2.05) is 30.2 Å². The third-order valence-electron chi connectivity index (χ3n) is 5.74. The molecule has 33 heavy (non-hydrogen) atoms. The quantitative estimate of drug-likeness (QED) is 0.645. The maximum atomic E-state index is 12.6. The molecule has 2 fully saturated rings. The fourth-order valence-electron chi connectivity index (χ4n) is 3.96. The predicted molar refractivity (Wildman–Crippen MR) is 108 cm³/mol. The molecule has 4 heterocycles. The lowest BCUT2D eigenvalue weighted by Crippen LogP contribution is -2.66. The van der Waals surface area contributed by atoms with Gasteiger partial charge in [-0.2, -0.15) is 13.2 Å². The van der Waals surface area contributed by atoms with E-state index in [1.165, 1.54) is 0 Å². The summed E-state index contributed by atoms with van der Waals surface area (Å²) < 4.78 is 48.8. The predicted octanol–water partition coefficient (Wildman–Crippen LogP) is 3.45. The Kier molecular flexibility index (Phi) is 7.75. The van der Waals surface area contributed by atoms with Gasteiger partial charge in [-0.15, -0.1) is 0 Å². The molecule has 0 aromatic carbocycles. The number of hydrogen-bond acceptors (Lipinski definition) is 6. The Morgan fingerprint density at radius 3 is 2.64 bits per heavy atom. The van der Waals surface area contributed by atoms with Crippen LogP contribution in [0.5, 0.6) is 0 Å². The minimum Gasteiger partial charge on any atom is -0.475 e. The highest BCUT2D eigenvalue weighted by molar-refractivity contribution is 5.95. The SMILES string of the molecule is Cc1occc1C(=O)N1CC2(C1)OCCC2CCOCc1cccnc1.O=C(O)C(F)(F)F. The number of carbonyl (C=O) groups is 2. The molecule has 2 aromatic heterocycles. The molecule has 1 atom stereocenters. The van der Waals surface area contributed by atoms with Gasteiger partial charge in [-0.25, -0.2) is 4.79 Å². The van der Waals surface area contributed by atoms with Crippen molar-refractivity contribution in [2.75, 3.05) is 26.3 Å². The lowest BCUT2D eigenvalue weighted by atomic mass is 9.79. The van der Waals surface area contributed by atoms with Crippen LogP contribution in [0, 0.1) is 12.8 Å². The molecule has 4 rings (SSSR count). The van der Waals surface area contributed by atoms with Crippen LogP contribution in [-0.4, -0.2) is 64.9 Å². The van der Waals surface area contributed by atoms with Crippen molar-refractivity contribution < 1.29 is 41.8 Å². The lowest BCUT2D eigenvalue weighted by Gasteiger charge is -2.50. The number of alkyl halides is 3. The number of carbonyl (C=O) groups excluding carboxylic acids is 1. The van der Waals surface area contributed by atoms with Crippen LogP contribution >= 0.6 is 0 Å².